The number of hydrogen-bond acceptors (Lipinski definition) is 7. The molecule has 2 saturated heterocycles. The fourth-order valence-electron chi connectivity index (χ4n) is 4.52. The second-order valence-electron chi connectivity index (χ2n) is 8.96. The number of nitrogens with zero attached hydrogens (tertiary/aromatic N) is 4. The molecule has 1 aromatic heterocycles. The predicted octanol–water partition coefficient (Wildman–Crippen LogP) is 4.35. The summed E-state index contributed by atoms with van der Waals surface area (Å²) in [6, 6.07) is 16.0. The summed E-state index contributed by atoms with van der Waals surface area (Å²) in [5.41, 5.74) is 4.62. The summed E-state index contributed by atoms with van der Waals surface area (Å²) in [4.78, 5) is 21.0. The molecule has 2 fully saturated rings. The van der Waals surface area contributed by atoms with Crippen molar-refractivity contribution in [1.82, 2.24) is 14.7 Å². The second-order valence-corrected chi connectivity index (χ2v) is 11.9. The van der Waals surface area contributed by atoms with Crippen LogP contribution in [0.4, 0.5) is 5.13 Å². The molecule has 2 aliphatic rings. The molecule has 0 unspecified atom stereocenters. The molecule has 0 saturated carbocycles. The Balaban J connectivity index is 1.34. The number of benzene rings is 2. The first kappa shape index (κ1) is 24.6. The van der Waals surface area contributed by atoms with Crippen LogP contribution in [0.3, 0.4) is 0 Å². The zero-order valence-corrected chi connectivity index (χ0v) is 21.6. The van der Waals surface area contributed by atoms with Crippen LogP contribution in [0.5, 0.6) is 0 Å². The van der Waals surface area contributed by atoms with E-state index in [1.54, 1.807) is 29.7 Å². The van der Waals surface area contributed by atoms with Gasteiger partial charge in [-0.25, -0.2) is 18.8 Å². The Morgan fingerprint density at radius 3 is 2.42 bits per heavy atom. The molecule has 188 valence electrons. The summed E-state index contributed by atoms with van der Waals surface area (Å²) in [6.07, 6.45) is 6.90. The van der Waals surface area contributed by atoms with Gasteiger partial charge in [-0.2, -0.15) is 9.41 Å². The molecule has 0 spiro atoms. The van der Waals surface area contributed by atoms with Gasteiger partial charge in [0, 0.05) is 37.3 Å². The van der Waals surface area contributed by atoms with Gasteiger partial charge in [-0.1, -0.05) is 47.7 Å². The van der Waals surface area contributed by atoms with E-state index in [1.807, 2.05) is 30.3 Å². The third-order valence-electron chi connectivity index (χ3n) is 6.46. The van der Waals surface area contributed by atoms with Crippen molar-refractivity contribution in [3.8, 4) is 11.3 Å². The maximum absolute atomic E-state index is 12.9. The molecule has 0 atom stereocenters. The third-order valence-corrected chi connectivity index (χ3v) is 9.41. The number of amides is 1. The molecule has 0 aliphatic carbocycles. The van der Waals surface area contributed by atoms with Crippen molar-refractivity contribution in [2.24, 2.45) is 5.10 Å². The van der Waals surface area contributed by atoms with Crippen LogP contribution in [-0.2, 0) is 10.0 Å². The highest BCUT2D eigenvalue weighted by Gasteiger charge is 2.27. The highest BCUT2D eigenvalue weighted by molar-refractivity contribution is 7.89. The lowest BCUT2D eigenvalue weighted by Gasteiger charge is -2.25. The molecule has 3 aromatic rings. The average Bonchev–Trinajstić information content (AvgIpc) is 3.61. The van der Waals surface area contributed by atoms with Gasteiger partial charge >= 0.3 is 0 Å². The van der Waals surface area contributed by atoms with Crippen LogP contribution in [0.2, 0.25) is 0 Å². The van der Waals surface area contributed by atoms with Crippen molar-refractivity contribution in [2.45, 2.75) is 37.0 Å². The molecule has 0 bridgehead atoms. The lowest BCUT2D eigenvalue weighted by atomic mass is 10.1. The largest absolute Gasteiger partial charge is 0.348 e. The molecule has 1 amide bonds. The average molecular weight is 524 g/mol. The van der Waals surface area contributed by atoms with Crippen molar-refractivity contribution < 1.29 is 13.2 Å². The number of thiazole rings is 1. The van der Waals surface area contributed by atoms with Crippen molar-refractivity contribution in [3.63, 3.8) is 0 Å². The molecule has 10 heteroatoms. The lowest BCUT2D eigenvalue weighted by molar-refractivity contribution is 0.0955. The zero-order chi connectivity index (χ0) is 25.0. The second kappa shape index (κ2) is 10.9. The Hall–Kier alpha value is -3.08. The van der Waals surface area contributed by atoms with E-state index in [4.69, 9.17) is 4.98 Å². The van der Waals surface area contributed by atoms with Gasteiger partial charge in [0.05, 0.1) is 21.7 Å². The summed E-state index contributed by atoms with van der Waals surface area (Å²) < 4.78 is 27.2. The van der Waals surface area contributed by atoms with Gasteiger partial charge in [0.1, 0.15) is 0 Å². The number of anilines is 1. The Labute approximate surface area is 215 Å². The van der Waals surface area contributed by atoms with E-state index in [-0.39, 0.29) is 10.5 Å². The normalized spacial score (nSPS) is 17.1. The molecule has 3 heterocycles. The number of piperidine rings is 1. The summed E-state index contributed by atoms with van der Waals surface area (Å²) in [7, 11) is -3.60. The minimum atomic E-state index is -3.60. The van der Waals surface area contributed by atoms with Gasteiger partial charge in [-0.15, -0.1) is 0 Å². The van der Waals surface area contributed by atoms with Gasteiger partial charge in [0.25, 0.3) is 5.91 Å². The Kier molecular flexibility index (Phi) is 7.45. The Morgan fingerprint density at radius 1 is 0.944 bits per heavy atom. The molecule has 1 N–H and O–H groups in total. The van der Waals surface area contributed by atoms with E-state index in [0.29, 0.717) is 13.1 Å². The van der Waals surface area contributed by atoms with E-state index >= 15 is 0 Å². The molecule has 36 heavy (non-hydrogen) atoms. The predicted molar refractivity (Wildman–Crippen MR) is 143 cm³/mol. The van der Waals surface area contributed by atoms with E-state index < -0.39 is 15.9 Å². The monoisotopic (exact) mass is 523 g/mol. The van der Waals surface area contributed by atoms with Gasteiger partial charge in [-0.05, 0) is 50.3 Å². The fourth-order valence-corrected chi connectivity index (χ4v) is 7.09. The van der Waals surface area contributed by atoms with Crippen LogP contribution in [-0.4, -0.2) is 56.0 Å². The highest BCUT2D eigenvalue weighted by Crippen LogP contribution is 2.33. The van der Waals surface area contributed by atoms with E-state index in [9.17, 15) is 13.2 Å². The standard InChI is InChI=1S/C26H29N5O3S2/c32-25(21-12-9-13-22(18-21)36(33,34)31-16-7-8-17-31)29-27-19-23-24(20-10-3-1-4-11-20)28-26(35-23)30-14-5-2-6-15-30/h1,3-4,9-13,18-19H,2,5-8,14-17H2,(H,29,32)/b27-19+. The van der Waals surface area contributed by atoms with Crippen LogP contribution in [0.25, 0.3) is 11.3 Å². The van der Waals surface area contributed by atoms with Gasteiger partial charge in [0.15, 0.2) is 5.13 Å². The molecule has 8 nitrogen and oxygen atoms in total. The Bertz CT molecular complexity index is 1340. The van der Waals surface area contributed by atoms with E-state index in [1.165, 1.54) is 22.9 Å². The first-order valence-electron chi connectivity index (χ1n) is 12.3. The molecular formula is C26H29N5O3S2. The van der Waals surface area contributed by atoms with Crippen LogP contribution < -0.4 is 10.3 Å². The van der Waals surface area contributed by atoms with Crippen molar-refractivity contribution >= 4 is 38.6 Å². The highest BCUT2D eigenvalue weighted by atomic mass is 32.2. The lowest BCUT2D eigenvalue weighted by Crippen LogP contribution is -2.29. The summed E-state index contributed by atoms with van der Waals surface area (Å²) in [5.74, 6) is -0.466. The minimum absolute atomic E-state index is 0.126. The first-order valence-corrected chi connectivity index (χ1v) is 14.5. The van der Waals surface area contributed by atoms with Gasteiger partial charge < -0.3 is 4.90 Å². The summed E-state index contributed by atoms with van der Waals surface area (Å²) in [6.45, 7) is 3.01. The number of nitrogens with one attached hydrogen (secondary N) is 1. The molecular weight excluding hydrogens is 494 g/mol. The first-order chi connectivity index (χ1) is 17.5. The van der Waals surface area contributed by atoms with Gasteiger partial charge in [0.2, 0.25) is 10.0 Å². The van der Waals surface area contributed by atoms with Gasteiger partial charge in [-0.3, -0.25) is 4.79 Å². The molecule has 5 rings (SSSR count). The number of aromatic nitrogens is 1. The number of carbonyl (C=O) groups is 1. The zero-order valence-electron chi connectivity index (χ0n) is 20.0. The number of hydrazone groups is 1. The quantitative estimate of drug-likeness (QED) is 0.367. The smallest absolute Gasteiger partial charge is 0.271 e. The van der Waals surface area contributed by atoms with Crippen molar-refractivity contribution in [3.05, 3.63) is 65.0 Å². The van der Waals surface area contributed by atoms with E-state index in [2.05, 4.69) is 15.4 Å². The maximum Gasteiger partial charge on any atom is 0.271 e. The fraction of sp³-hybridized carbons (Fsp3) is 0.346. The SMILES string of the molecule is O=C(N/N=C/c1sc(N2CCCCC2)nc1-c1ccccc1)c1cccc(S(=O)(=O)N2CCCC2)c1. The van der Waals surface area contributed by atoms with Crippen LogP contribution in [0.1, 0.15) is 47.3 Å². The van der Waals surface area contributed by atoms with Crippen LogP contribution in [0.15, 0.2) is 64.6 Å². The van der Waals surface area contributed by atoms with Crippen LogP contribution >= 0.6 is 11.3 Å². The number of rotatable bonds is 7. The number of carbonyl (C=O) groups excluding carboxylic acids is 1. The Morgan fingerprint density at radius 2 is 1.67 bits per heavy atom. The maximum atomic E-state index is 12.9. The molecule has 2 aromatic carbocycles. The number of hydrogen-bond donors (Lipinski definition) is 1. The third kappa shape index (κ3) is 5.35. The summed E-state index contributed by atoms with van der Waals surface area (Å²) in [5, 5.41) is 5.16. The van der Waals surface area contributed by atoms with Crippen molar-refractivity contribution in [1.29, 1.82) is 0 Å². The topological polar surface area (TPSA) is 95.0 Å². The minimum Gasteiger partial charge on any atom is -0.348 e. The van der Waals surface area contributed by atoms with E-state index in [0.717, 1.165) is 60.0 Å². The van der Waals surface area contributed by atoms with Crippen molar-refractivity contribution in [2.75, 3.05) is 31.1 Å². The van der Waals surface area contributed by atoms with Crippen LogP contribution in [0, 0.1) is 0 Å². The summed E-state index contributed by atoms with van der Waals surface area (Å²) >= 11 is 1.56. The molecule has 2 aliphatic heterocycles. The molecule has 0 radical (unpaired) electrons. The number of sulfonamides is 1.